The van der Waals surface area contributed by atoms with Gasteiger partial charge in [0.05, 0.1) is 23.1 Å². The van der Waals surface area contributed by atoms with Gasteiger partial charge in [-0.05, 0) is 61.2 Å². The van der Waals surface area contributed by atoms with Gasteiger partial charge in [-0.25, -0.2) is 9.78 Å². The number of ether oxygens (including phenoxy) is 1. The number of hydrogen-bond donors (Lipinski definition) is 0. The Morgan fingerprint density at radius 2 is 2.07 bits per heavy atom. The number of aromatic nitrogens is 2. The molecule has 0 saturated heterocycles. The molecular formula is C22H20N2O3. The van der Waals surface area contributed by atoms with Crippen molar-refractivity contribution in [2.75, 3.05) is 6.61 Å². The molecule has 0 fully saturated rings. The van der Waals surface area contributed by atoms with Crippen LogP contribution in [0.15, 0.2) is 47.3 Å². The van der Waals surface area contributed by atoms with E-state index in [4.69, 9.17) is 9.72 Å². The zero-order chi connectivity index (χ0) is 19.0. The summed E-state index contributed by atoms with van der Waals surface area (Å²) in [6.45, 7) is 4.72. The Bertz CT molecular complexity index is 1140. The molecule has 0 N–H and O–H groups in total. The van der Waals surface area contributed by atoms with Crippen LogP contribution in [0.1, 0.15) is 40.7 Å². The van der Waals surface area contributed by atoms with E-state index in [9.17, 15) is 9.59 Å². The van der Waals surface area contributed by atoms with Crippen LogP contribution in [0, 0.1) is 6.92 Å². The minimum absolute atomic E-state index is 0.116. The summed E-state index contributed by atoms with van der Waals surface area (Å²) in [6.07, 6.45) is 2.87. The Hall–Kier alpha value is -3.21. The third kappa shape index (κ3) is 3.05. The summed E-state index contributed by atoms with van der Waals surface area (Å²) < 4.78 is 6.72. The van der Waals surface area contributed by atoms with Gasteiger partial charge in [0, 0.05) is 6.54 Å². The third-order valence-corrected chi connectivity index (χ3v) is 4.88. The number of carbonyl (C=O) groups excluding carboxylic acids is 1. The normalized spacial score (nSPS) is 14.5. The summed E-state index contributed by atoms with van der Waals surface area (Å²) in [5, 5.41) is 0.446. The second kappa shape index (κ2) is 6.83. The van der Waals surface area contributed by atoms with E-state index in [0.29, 0.717) is 35.4 Å². The van der Waals surface area contributed by atoms with Crippen molar-refractivity contribution >= 4 is 28.5 Å². The molecule has 0 unspecified atom stereocenters. The number of allylic oxidation sites excluding steroid dienone is 1. The lowest BCUT2D eigenvalue weighted by molar-refractivity contribution is 0.0526. The lowest BCUT2D eigenvalue weighted by Gasteiger charge is -2.08. The summed E-state index contributed by atoms with van der Waals surface area (Å²) in [7, 11) is 0. The van der Waals surface area contributed by atoms with Gasteiger partial charge in [0.15, 0.2) is 0 Å². The highest BCUT2D eigenvalue weighted by atomic mass is 16.5. The zero-order valence-electron chi connectivity index (χ0n) is 15.4. The molecule has 136 valence electrons. The van der Waals surface area contributed by atoms with Crippen molar-refractivity contribution in [3.8, 4) is 0 Å². The van der Waals surface area contributed by atoms with Crippen molar-refractivity contribution in [1.29, 1.82) is 0 Å². The maximum Gasteiger partial charge on any atom is 0.338 e. The fourth-order valence-electron chi connectivity index (χ4n) is 3.43. The summed E-state index contributed by atoms with van der Waals surface area (Å²) in [6, 6.07) is 13.1. The van der Waals surface area contributed by atoms with Crippen molar-refractivity contribution in [2.45, 2.75) is 26.8 Å². The van der Waals surface area contributed by atoms with Crippen molar-refractivity contribution in [3.05, 3.63) is 75.3 Å². The summed E-state index contributed by atoms with van der Waals surface area (Å²) in [5.74, 6) is 0.282. The van der Waals surface area contributed by atoms with E-state index in [0.717, 1.165) is 17.6 Å². The van der Waals surface area contributed by atoms with E-state index in [1.54, 1.807) is 29.7 Å². The molecule has 5 heteroatoms. The smallest absolute Gasteiger partial charge is 0.338 e. The first-order chi connectivity index (χ1) is 13.1. The average Bonchev–Trinajstić information content (AvgIpc) is 3.07. The van der Waals surface area contributed by atoms with Gasteiger partial charge in [-0.2, -0.15) is 0 Å². The Kier molecular flexibility index (Phi) is 4.36. The number of benzene rings is 2. The van der Waals surface area contributed by atoms with Gasteiger partial charge in [0.2, 0.25) is 0 Å². The van der Waals surface area contributed by atoms with E-state index in [1.807, 2.05) is 12.1 Å². The first-order valence-corrected chi connectivity index (χ1v) is 9.07. The first kappa shape index (κ1) is 17.2. The molecule has 0 saturated carbocycles. The quantitative estimate of drug-likeness (QED) is 0.666. The molecule has 1 aromatic heterocycles. The van der Waals surface area contributed by atoms with Crippen LogP contribution in [-0.2, 0) is 11.3 Å². The lowest BCUT2D eigenvalue weighted by Crippen LogP contribution is -2.21. The van der Waals surface area contributed by atoms with Gasteiger partial charge >= 0.3 is 5.97 Å². The molecule has 0 spiro atoms. The molecule has 1 aliphatic heterocycles. The van der Waals surface area contributed by atoms with Crippen molar-refractivity contribution in [1.82, 2.24) is 9.55 Å². The highest BCUT2D eigenvalue weighted by molar-refractivity contribution is 5.94. The van der Waals surface area contributed by atoms with Crippen LogP contribution in [0.5, 0.6) is 0 Å². The van der Waals surface area contributed by atoms with Gasteiger partial charge in [-0.3, -0.25) is 9.36 Å². The third-order valence-electron chi connectivity index (χ3n) is 4.88. The number of carbonyl (C=O) groups is 1. The maximum absolute atomic E-state index is 13.0. The predicted molar refractivity (Wildman–Crippen MR) is 106 cm³/mol. The molecule has 0 bridgehead atoms. The summed E-state index contributed by atoms with van der Waals surface area (Å²) >= 11 is 0. The molecule has 0 amide bonds. The molecule has 2 aromatic carbocycles. The van der Waals surface area contributed by atoms with Gasteiger partial charge < -0.3 is 4.74 Å². The monoisotopic (exact) mass is 360 g/mol. The predicted octanol–water partition coefficient (Wildman–Crippen LogP) is 3.83. The van der Waals surface area contributed by atoms with Crippen molar-refractivity contribution in [3.63, 3.8) is 0 Å². The van der Waals surface area contributed by atoms with E-state index < -0.39 is 5.97 Å². The summed E-state index contributed by atoms with van der Waals surface area (Å²) in [4.78, 5) is 29.6. The van der Waals surface area contributed by atoms with E-state index in [2.05, 4.69) is 25.1 Å². The van der Waals surface area contributed by atoms with Gasteiger partial charge in [-0.1, -0.05) is 24.3 Å². The molecule has 3 aromatic rings. The average molecular weight is 360 g/mol. The minimum atomic E-state index is -0.426. The standard InChI is InChI=1S/C22H20N2O3/c1-3-27-22(26)17-8-9-19-18(13-17)21(25)24-11-10-16(20(24)23-19)12-15-7-5-4-6-14(15)2/h4-9,12-13H,3,10-11H2,1-2H3. The molecule has 0 aliphatic carbocycles. The number of fused-ring (bicyclic) bond motifs is 2. The van der Waals surface area contributed by atoms with Crippen molar-refractivity contribution in [2.24, 2.45) is 0 Å². The van der Waals surface area contributed by atoms with Crippen LogP contribution in [0.25, 0.3) is 22.6 Å². The van der Waals surface area contributed by atoms with Crippen LogP contribution >= 0.6 is 0 Å². The highest BCUT2D eigenvalue weighted by Crippen LogP contribution is 2.28. The maximum atomic E-state index is 13.0. The fourth-order valence-corrected chi connectivity index (χ4v) is 3.43. The first-order valence-electron chi connectivity index (χ1n) is 9.07. The number of rotatable bonds is 3. The number of hydrogen-bond acceptors (Lipinski definition) is 4. The lowest BCUT2D eigenvalue weighted by atomic mass is 10.0. The number of esters is 1. The van der Waals surface area contributed by atoms with E-state index >= 15 is 0 Å². The van der Waals surface area contributed by atoms with Crippen LogP contribution in [0.2, 0.25) is 0 Å². The topological polar surface area (TPSA) is 61.2 Å². The Labute approximate surface area is 156 Å². The van der Waals surface area contributed by atoms with Crippen LogP contribution in [-0.4, -0.2) is 22.1 Å². The van der Waals surface area contributed by atoms with Gasteiger partial charge in [0.1, 0.15) is 5.82 Å². The Morgan fingerprint density at radius 1 is 1.26 bits per heavy atom. The molecular weight excluding hydrogens is 340 g/mol. The van der Waals surface area contributed by atoms with E-state index in [1.165, 1.54) is 5.56 Å². The van der Waals surface area contributed by atoms with Gasteiger partial charge in [0.25, 0.3) is 5.56 Å². The molecule has 0 radical (unpaired) electrons. The second-order valence-electron chi connectivity index (χ2n) is 6.62. The van der Waals surface area contributed by atoms with Crippen molar-refractivity contribution < 1.29 is 9.53 Å². The largest absolute Gasteiger partial charge is 0.462 e. The number of nitrogens with zero attached hydrogens (tertiary/aromatic N) is 2. The molecule has 2 heterocycles. The van der Waals surface area contributed by atoms with Gasteiger partial charge in [-0.15, -0.1) is 0 Å². The molecule has 4 rings (SSSR count). The second-order valence-corrected chi connectivity index (χ2v) is 6.62. The summed E-state index contributed by atoms with van der Waals surface area (Å²) in [5.41, 5.74) is 4.22. The van der Waals surface area contributed by atoms with Crippen LogP contribution in [0.3, 0.4) is 0 Å². The number of aryl methyl sites for hydroxylation is 1. The fraction of sp³-hybridized carbons (Fsp3) is 0.227. The highest BCUT2D eigenvalue weighted by Gasteiger charge is 2.21. The minimum Gasteiger partial charge on any atom is -0.462 e. The Balaban J connectivity index is 1.83. The Morgan fingerprint density at radius 3 is 2.85 bits per heavy atom. The molecule has 0 atom stereocenters. The van der Waals surface area contributed by atoms with Crippen LogP contribution < -0.4 is 5.56 Å². The molecule has 1 aliphatic rings. The zero-order valence-corrected chi connectivity index (χ0v) is 15.4. The van der Waals surface area contributed by atoms with Crippen LogP contribution in [0.4, 0.5) is 0 Å². The molecule has 27 heavy (non-hydrogen) atoms. The SMILES string of the molecule is CCOC(=O)c1ccc2nc3n(c(=O)c2c1)CCC3=Cc1ccccc1C. The van der Waals surface area contributed by atoms with E-state index in [-0.39, 0.29) is 5.56 Å². The molecule has 5 nitrogen and oxygen atoms in total.